The van der Waals surface area contributed by atoms with Gasteiger partial charge in [0.25, 0.3) is 5.91 Å². The number of halogens is 1. The number of hydrogen-bond acceptors (Lipinski definition) is 6. The molecule has 1 aromatic heterocycles. The minimum absolute atomic E-state index is 0.106. The van der Waals surface area contributed by atoms with Crippen molar-refractivity contribution in [2.45, 2.75) is 12.5 Å². The first-order valence-corrected chi connectivity index (χ1v) is 13.9. The Morgan fingerprint density at radius 3 is 2.05 bits per heavy atom. The number of methoxy groups -OCH3 is 1. The monoisotopic (exact) mass is 610 g/mol. The Balaban J connectivity index is 1.30. The molecular formula is C33H27ClN4O6. The molecule has 222 valence electrons. The first-order chi connectivity index (χ1) is 21.3. The van der Waals surface area contributed by atoms with Gasteiger partial charge in [-0.15, -0.1) is 0 Å². The Morgan fingerprint density at radius 2 is 1.39 bits per heavy atom. The maximum absolute atomic E-state index is 13.5. The number of rotatable bonds is 9. The van der Waals surface area contributed by atoms with Crippen LogP contribution in [0.5, 0.6) is 5.95 Å². The third kappa shape index (κ3) is 7.23. The number of anilines is 3. The Bertz CT molecular complexity index is 1860. The average Bonchev–Trinajstić information content (AvgIpc) is 3.03. The molecule has 1 heterocycles. The summed E-state index contributed by atoms with van der Waals surface area (Å²) in [4.78, 5) is 51.5. The van der Waals surface area contributed by atoms with Gasteiger partial charge < -0.3 is 30.4 Å². The molecule has 0 unspecified atom stereocenters. The summed E-state index contributed by atoms with van der Waals surface area (Å²) in [6.45, 7) is 0. The van der Waals surface area contributed by atoms with E-state index in [0.717, 1.165) is 5.56 Å². The predicted molar refractivity (Wildman–Crippen MR) is 170 cm³/mol. The highest BCUT2D eigenvalue weighted by molar-refractivity contribution is 6.36. The number of hydrogen-bond donors (Lipinski definition) is 4. The van der Waals surface area contributed by atoms with E-state index >= 15 is 0 Å². The van der Waals surface area contributed by atoms with Crippen molar-refractivity contribution in [2.75, 3.05) is 23.1 Å². The fourth-order valence-corrected chi connectivity index (χ4v) is 4.74. The maximum Gasteiger partial charge on any atom is 0.346 e. The fourth-order valence-electron chi connectivity index (χ4n) is 4.46. The van der Waals surface area contributed by atoms with Gasteiger partial charge in [-0.2, -0.15) is 0 Å². The van der Waals surface area contributed by atoms with Gasteiger partial charge >= 0.3 is 17.6 Å². The standard InChI is InChI=1S/C33H27ClN4O6/c1-43-32-28(34)25-17-16-24(19-26(25)31(41)44-32)35-30(40)27(18-20-8-4-2-5-9-20)38-29(39)21-12-14-23(15-13-21)37-33(42)36-22-10-6-3-7-11-22/h2-17,19,27H,18H2,1H3,(H,35,40)(H,38,39)(H2,36,37,42)/t27-/m0/s1. The molecule has 0 bridgehead atoms. The van der Waals surface area contributed by atoms with Gasteiger partial charge in [0.1, 0.15) is 11.1 Å². The van der Waals surface area contributed by atoms with E-state index < -0.39 is 29.5 Å². The summed E-state index contributed by atoms with van der Waals surface area (Å²) >= 11 is 6.28. The number of amides is 4. The van der Waals surface area contributed by atoms with Gasteiger partial charge in [0.15, 0.2) is 0 Å². The average molecular weight is 611 g/mol. The lowest BCUT2D eigenvalue weighted by molar-refractivity contribution is -0.118. The van der Waals surface area contributed by atoms with Crippen LogP contribution >= 0.6 is 11.6 Å². The number of carbonyl (C=O) groups excluding carboxylic acids is 3. The second-order valence-electron chi connectivity index (χ2n) is 9.68. The van der Waals surface area contributed by atoms with Crippen molar-refractivity contribution >= 4 is 57.3 Å². The number of carbonyl (C=O) groups is 3. The number of fused-ring (bicyclic) bond motifs is 1. The summed E-state index contributed by atoms with van der Waals surface area (Å²) in [6.07, 6.45) is 0.205. The molecule has 11 heteroatoms. The molecule has 44 heavy (non-hydrogen) atoms. The van der Waals surface area contributed by atoms with E-state index in [-0.39, 0.29) is 28.3 Å². The zero-order valence-corrected chi connectivity index (χ0v) is 24.2. The molecule has 4 aromatic carbocycles. The quantitative estimate of drug-likeness (QED) is 0.160. The molecule has 0 radical (unpaired) electrons. The van der Waals surface area contributed by atoms with Crippen molar-refractivity contribution in [1.82, 2.24) is 5.32 Å². The summed E-state index contributed by atoms with van der Waals surface area (Å²) in [5.74, 6) is -1.09. The maximum atomic E-state index is 13.5. The fraction of sp³-hybridized carbons (Fsp3) is 0.0909. The second-order valence-corrected chi connectivity index (χ2v) is 10.1. The molecule has 0 spiro atoms. The zero-order valence-electron chi connectivity index (χ0n) is 23.4. The van der Waals surface area contributed by atoms with Gasteiger partial charge in [0, 0.05) is 34.4 Å². The topological polar surface area (TPSA) is 139 Å². The molecule has 1 atom stereocenters. The Morgan fingerprint density at radius 1 is 0.773 bits per heavy atom. The van der Waals surface area contributed by atoms with Crippen LogP contribution in [-0.2, 0) is 11.2 Å². The third-order valence-corrected chi connectivity index (χ3v) is 6.99. The van der Waals surface area contributed by atoms with Gasteiger partial charge in [0.2, 0.25) is 5.91 Å². The molecule has 0 aliphatic heterocycles. The van der Waals surface area contributed by atoms with Gasteiger partial charge in [-0.3, -0.25) is 9.59 Å². The van der Waals surface area contributed by atoms with Crippen LogP contribution < -0.4 is 31.6 Å². The highest BCUT2D eigenvalue weighted by atomic mass is 35.5. The van der Waals surface area contributed by atoms with E-state index in [1.807, 2.05) is 48.5 Å². The lowest BCUT2D eigenvalue weighted by atomic mass is 10.0. The van der Waals surface area contributed by atoms with Gasteiger partial charge in [-0.05, 0) is 54.1 Å². The number of urea groups is 1. The summed E-state index contributed by atoms with van der Waals surface area (Å²) < 4.78 is 10.1. The van der Waals surface area contributed by atoms with Gasteiger partial charge in [-0.25, -0.2) is 9.59 Å². The number of benzene rings is 4. The number of ether oxygens (including phenoxy) is 1. The lowest BCUT2D eigenvalue weighted by Gasteiger charge is -2.19. The first-order valence-electron chi connectivity index (χ1n) is 13.5. The van der Waals surface area contributed by atoms with Crippen molar-refractivity contribution in [1.29, 1.82) is 0 Å². The van der Waals surface area contributed by atoms with Gasteiger partial charge in [0.05, 0.1) is 12.5 Å². The summed E-state index contributed by atoms with van der Waals surface area (Å²) in [7, 11) is 1.34. The third-order valence-electron chi connectivity index (χ3n) is 6.63. The van der Waals surface area contributed by atoms with E-state index in [1.165, 1.54) is 13.2 Å². The SMILES string of the molecule is COc1oc(=O)c2cc(NC(=O)[C@H](Cc3ccccc3)NC(=O)c3ccc(NC(=O)Nc4ccccc4)cc3)ccc2c1Cl. The molecular weight excluding hydrogens is 584 g/mol. The summed E-state index contributed by atoms with van der Waals surface area (Å²) in [6, 6.07) is 27.7. The van der Waals surface area contributed by atoms with Crippen molar-refractivity contribution in [3.63, 3.8) is 0 Å². The molecule has 0 aliphatic rings. The number of nitrogens with one attached hydrogen (secondary N) is 4. The molecule has 5 rings (SSSR count). The van der Waals surface area contributed by atoms with E-state index in [2.05, 4.69) is 21.3 Å². The zero-order chi connectivity index (χ0) is 31.1. The van der Waals surface area contributed by atoms with Crippen LogP contribution in [0.1, 0.15) is 15.9 Å². The van der Waals surface area contributed by atoms with E-state index in [0.29, 0.717) is 22.4 Å². The normalized spacial score (nSPS) is 11.3. The predicted octanol–water partition coefficient (Wildman–Crippen LogP) is 6.08. The second kappa shape index (κ2) is 13.6. The molecule has 0 aliphatic carbocycles. The van der Waals surface area contributed by atoms with Gasteiger partial charge in [-0.1, -0.05) is 66.2 Å². The van der Waals surface area contributed by atoms with Crippen LogP contribution in [0.3, 0.4) is 0 Å². The highest BCUT2D eigenvalue weighted by Gasteiger charge is 2.23. The molecule has 4 amide bonds. The highest BCUT2D eigenvalue weighted by Crippen LogP contribution is 2.31. The molecule has 0 saturated heterocycles. The van der Waals surface area contributed by atoms with Crippen molar-refractivity contribution in [3.05, 3.63) is 130 Å². The van der Waals surface area contributed by atoms with Crippen molar-refractivity contribution in [2.24, 2.45) is 0 Å². The Hall–Kier alpha value is -5.61. The van der Waals surface area contributed by atoms with E-state index in [9.17, 15) is 19.2 Å². The van der Waals surface area contributed by atoms with Crippen LogP contribution in [0.4, 0.5) is 21.9 Å². The van der Waals surface area contributed by atoms with Crippen LogP contribution in [0.2, 0.25) is 5.02 Å². The van der Waals surface area contributed by atoms with Crippen LogP contribution in [-0.4, -0.2) is 31.0 Å². The molecule has 5 aromatic rings. The van der Waals surface area contributed by atoms with Crippen molar-refractivity contribution in [3.8, 4) is 5.95 Å². The minimum atomic E-state index is -0.967. The Labute approximate surface area is 257 Å². The van der Waals surface area contributed by atoms with Crippen molar-refractivity contribution < 1.29 is 23.5 Å². The van der Waals surface area contributed by atoms with Crippen LogP contribution in [0.25, 0.3) is 10.8 Å². The minimum Gasteiger partial charge on any atom is -0.467 e. The smallest absolute Gasteiger partial charge is 0.346 e. The largest absolute Gasteiger partial charge is 0.467 e. The summed E-state index contributed by atoms with van der Waals surface area (Å²) in [5.41, 5.74) is 1.87. The van der Waals surface area contributed by atoms with Crippen LogP contribution in [0, 0.1) is 0 Å². The first kappa shape index (κ1) is 29.9. The van der Waals surface area contributed by atoms with E-state index in [4.69, 9.17) is 20.8 Å². The molecule has 0 fully saturated rings. The van der Waals surface area contributed by atoms with E-state index in [1.54, 1.807) is 48.5 Å². The Kier molecular flexibility index (Phi) is 9.22. The number of para-hydroxylation sites is 1. The molecule has 4 N–H and O–H groups in total. The lowest BCUT2D eigenvalue weighted by Crippen LogP contribution is -2.45. The summed E-state index contributed by atoms with van der Waals surface area (Å²) in [5, 5.41) is 11.7. The molecule has 0 saturated carbocycles. The van der Waals surface area contributed by atoms with Crippen LogP contribution in [0.15, 0.2) is 112 Å². The molecule has 10 nitrogen and oxygen atoms in total.